The summed E-state index contributed by atoms with van der Waals surface area (Å²) in [5, 5.41) is 4.42. The van der Waals surface area contributed by atoms with Gasteiger partial charge in [0.05, 0.1) is 0 Å². The van der Waals surface area contributed by atoms with Crippen LogP contribution in [0.5, 0.6) is 11.5 Å². The van der Waals surface area contributed by atoms with Crippen LogP contribution in [0.1, 0.15) is 44.2 Å². The van der Waals surface area contributed by atoms with Gasteiger partial charge < -0.3 is 14.8 Å². The van der Waals surface area contributed by atoms with Crippen molar-refractivity contribution in [2.45, 2.75) is 43.9 Å². The van der Waals surface area contributed by atoms with Crippen LogP contribution in [0.25, 0.3) is 0 Å². The number of ether oxygens (including phenoxy) is 2. The summed E-state index contributed by atoms with van der Waals surface area (Å²) in [5.41, 5.74) is 1.34. The molecule has 0 spiro atoms. The van der Waals surface area contributed by atoms with Crippen LogP contribution in [0.2, 0.25) is 0 Å². The van der Waals surface area contributed by atoms with Crippen molar-refractivity contribution in [3.05, 3.63) is 23.8 Å². The molecule has 2 aliphatic heterocycles. The lowest BCUT2D eigenvalue weighted by molar-refractivity contribution is 0.171. The first kappa shape index (κ1) is 15.0. The highest BCUT2D eigenvalue weighted by molar-refractivity contribution is 8.00. The highest BCUT2D eigenvalue weighted by atomic mass is 32.2. The van der Waals surface area contributed by atoms with Crippen molar-refractivity contribution in [2.24, 2.45) is 0 Å². The minimum absolute atomic E-state index is 0.422. The maximum absolute atomic E-state index is 5.75. The third kappa shape index (κ3) is 3.67. The molecule has 4 heteroatoms. The Bertz CT molecular complexity index is 460. The Kier molecular flexibility index (Phi) is 5.31. The van der Waals surface area contributed by atoms with Gasteiger partial charge in [-0.2, -0.15) is 11.8 Å². The molecule has 0 aliphatic carbocycles. The Morgan fingerprint density at radius 1 is 1.24 bits per heavy atom. The van der Waals surface area contributed by atoms with Crippen molar-refractivity contribution < 1.29 is 9.47 Å². The predicted molar refractivity (Wildman–Crippen MR) is 88.6 cm³/mol. The number of nitrogens with one attached hydrogen (secondary N) is 1. The van der Waals surface area contributed by atoms with Gasteiger partial charge >= 0.3 is 0 Å². The van der Waals surface area contributed by atoms with Gasteiger partial charge in [0, 0.05) is 11.3 Å². The molecule has 0 aromatic heterocycles. The molecular weight excluding hydrogens is 282 g/mol. The van der Waals surface area contributed by atoms with Gasteiger partial charge in [0.2, 0.25) is 0 Å². The van der Waals surface area contributed by atoms with E-state index in [9.17, 15) is 0 Å². The second-order valence-corrected chi connectivity index (χ2v) is 7.09. The van der Waals surface area contributed by atoms with Gasteiger partial charge in [0.25, 0.3) is 0 Å². The average molecular weight is 307 g/mol. The van der Waals surface area contributed by atoms with E-state index in [-0.39, 0.29) is 0 Å². The minimum Gasteiger partial charge on any atom is -0.486 e. The second kappa shape index (κ2) is 7.41. The molecule has 2 unspecified atom stereocenters. The van der Waals surface area contributed by atoms with E-state index in [2.05, 4.69) is 42.2 Å². The fourth-order valence-electron chi connectivity index (χ4n) is 3.05. The molecule has 0 radical (unpaired) electrons. The van der Waals surface area contributed by atoms with Crippen molar-refractivity contribution in [3.63, 3.8) is 0 Å². The SMILES string of the molecule is CCCNC(c1ccc2c(c1)OCCO2)C1CCCCS1. The first-order valence-electron chi connectivity index (χ1n) is 8.13. The van der Waals surface area contributed by atoms with E-state index in [4.69, 9.17) is 9.47 Å². The lowest BCUT2D eigenvalue weighted by atomic mass is 9.98. The van der Waals surface area contributed by atoms with E-state index < -0.39 is 0 Å². The second-order valence-electron chi connectivity index (χ2n) is 5.74. The quantitative estimate of drug-likeness (QED) is 0.896. The molecule has 0 bridgehead atoms. The van der Waals surface area contributed by atoms with Gasteiger partial charge in [-0.05, 0) is 49.3 Å². The number of benzene rings is 1. The van der Waals surface area contributed by atoms with Gasteiger partial charge in [0.15, 0.2) is 11.5 Å². The Morgan fingerprint density at radius 2 is 2.10 bits per heavy atom. The van der Waals surface area contributed by atoms with E-state index in [0.29, 0.717) is 24.5 Å². The lowest BCUT2D eigenvalue weighted by Gasteiger charge is -2.31. The van der Waals surface area contributed by atoms with Crippen molar-refractivity contribution in [1.29, 1.82) is 0 Å². The van der Waals surface area contributed by atoms with Crippen LogP contribution in [0.4, 0.5) is 0 Å². The summed E-state index contributed by atoms with van der Waals surface area (Å²) in [4.78, 5) is 0. The number of fused-ring (bicyclic) bond motifs is 1. The molecule has 1 saturated heterocycles. The summed E-state index contributed by atoms with van der Waals surface area (Å²) in [6.07, 6.45) is 5.19. The molecule has 21 heavy (non-hydrogen) atoms. The zero-order valence-corrected chi connectivity index (χ0v) is 13.6. The predicted octanol–water partition coefficient (Wildman–Crippen LogP) is 3.78. The maximum Gasteiger partial charge on any atom is 0.161 e. The van der Waals surface area contributed by atoms with Crippen molar-refractivity contribution in [1.82, 2.24) is 5.32 Å². The molecule has 2 heterocycles. The molecule has 2 atom stereocenters. The third-order valence-electron chi connectivity index (χ3n) is 4.13. The van der Waals surface area contributed by atoms with E-state index >= 15 is 0 Å². The van der Waals surface area contributed by atoms with Gasteiger partial charge in [-0.3, -0.25) is 0 Å². The Balaban J connectivity index is 1.80. The molecule has 0 amide bonds. The zero-order chi connectivity index (χ0) is 14.5. The molecular formula is C17H25NO2S. The van der Waals surface area contributed by atoms with Gasteiger partial charge in [0.1, 0.15) is 13.2 Å². The van der Waals surface area contributed by atoms with Gasteiger partial charge in [-0.1, -0.05) is 19.4 Å². The molecule has 1 fully saturated rings. The molecule has 1 aromatic rings. The normalized spacial score (nSPS) is 22.8. The summed E-state index contributed by atoms with van der Waals surface area (Å²) in [6, 6.07) is 6.87. The van der Waals surface area contributed by atoms with Crippen LogP contribution in [0, 0.1) is 0 Å². The lowest BCUT2D eigenvalue weighted by Crippen LogP contribution is -2.32. The fraction of sp³-hybridized carbons (Fsp3) is 0.647. The Morgan fingerprint density at radius 3 is 2.86 bits per heavy atom. The van der Waals surface area contributed by atoms with Crippen LogP contribution in [0.3, 0.4) is 0 Å². The molecule has 1 N–H and O–H groups in total. The topological polar surface area (TPSA) is 30.5 Å². The maximum atomic E-state index is 5.75. The van der Waals surface area contributed by atoms with Gasteiger partial charge in [-0.25, -0.2) is 0 Å². The first-order valence-corrected chi connectivity index (χ1v) is 9.18. The molecule has 1 aromatic carbocycles. The monoisotopic (exact) mass is 307 g/mol. The number of hydrogen-bond acceptors (Lipinski definition) is 4. The molecule has 116 valence electrons. The van der Waals surface area contributed by atoms with Crippen molar-refractivity contribution in [2.75, 3.05) is 25.5 Å². The van der Waals surface area contributed by atoms with Crippen LogP contribution < -0.4 is 14.8 Å². The highest BCUT2D eigenvalue weighted by Crippen LogP contribution is 2.38. The summed E-state index contributed by atoms with van der Waals surface area (Å²) in [5.74, 6) is 3.08. The van der Waals surface area contributed by atoms with Crippen LogP contribution >= 0.6 is 11.8 Å². The molecule has 3 rings (SSSR count). The smallest absolute Gasteiger partial charge is 0.161 e. The Labute approximate surface area is 131 Å². The average Bonchev–Trinajstić information content (AvgIpc) is 2.56. The number of thioether (sulfide) groups is 1. The third-order valence-corrected chi connectivity index (χ3v) is 5.59. The van der Waals surface area contributed by atoms with E-state index in [1.165, 1.54) is 37.0 Å². The van der Waals surface area contributed by atoms with Crippen LogP contribution in [-0.2, 0) is 0 Å². The van der Waals surface area contributed by atoms with E-state index in [1.807, 2.05) is 0 Å². The number of hydrogen-bond donors (Lipinski definition) is 1. The molecule has 2 aliphatic rings. The standard InChI is InChI=1S/C17H25NO2S/c1-2-8-18-17(16-5-3-4-11-21-16)13-6-7-14-15(12-13)20-10-9-19-14/h6-7,12,16-18H,2-5,8-11H2,1H3. The van der Waals surface area contributed by atoms with E-state index in [0.717, 1.165) is 18.0 Å². The van der Waals surface area contributed by atoms with Crippen LogP contribution in [-0.4, -0.2) is 30.8 Å². The van der Waals surface area contributed by atoms with Gasteiger partial charge in [-0.15, -0.1) is 0 Å². The Hall–Kier alpha value is -0.870. The summed E-state index contributed by atoms with van der Waals surface area (Å²) in [6.45, 7) is 4.60. The van der Waals surface area contributed by atoms with Crippen LogP contribution in [0.15, 0.2) is 18.2 Å². The molecule has 3 nitrogen and oxygen atoms in total. The minimum atomic E-state index is 0.422. The number of rotatable bonds is 5. The van der Waals surface area contributed by atoms with E-state index in [1.54, 1.807) is 0 Å². The largest absolute Gasteiger partial charge is 0.486 e. The summed E-state index contributed by atoms with van der Waals surface area (Å²) in [7, 11) is 0. The highest BCUT2D eigenvalue weighted by Gasteiger charge is 2.26. The first-order chi connectivity index (χ1) is 10.4. The summed E-state index contributed by atoms with van der Waals surface area (Å²) >= 11 is 2.12. The fourth-order valence-corrected chi connectivity index (χ4v) is 4.50. The van der Waals surface area contributed by atoms with Crippen molar-refractivity contribution >= 4 is 11.8 Å². The summed E-state index contributed by atoms with van der Waals surface area (Å²) < 4.78 is 11.4. The molecule has 0 saturated carbocycles. The van der Waals surface area contributed by atoms with Crippen molar-refractivity contribution in [3.8, 4) is 11.5 Å². The zero-order valence-electron chi connectivity index (χ0n) is 12.8.